The fourth-order valence-corrected chi connectivity index (χ4v) is 3.74. The molecule has 1 N–H and O–H groups in total. The van der Waals surface area contributed by atoms with Crippen molar-refractivity contribution in [3.8, 4) is 0 Å². The maximum atomic E-state index is 12.6. The lowest BCUT2D eigenvalue weighted by Crippen LogP contribution is -2.34. The predicted molar refractivity (Wildman–Crippen MR) is 133 cm³/mol. The summed E-state index contributed by atoms with van der Waals surface area (Å²) in [6, 6.07) is 14.2. The highest BCUT2D eigenvalue weighted by atomic mass is 16.2. The van der Waals surface area contributed by atoms with Gasteiger partial charge in [0.05, 0.1) is 18.8 Å². The Kier molecular flexibility index (Phi) is 7.48. The number of carbonyl (C=O) groups is 2. The number of anilines is 1. The molecule has 0 fully saturated rings. The van der Waals surface area contributed by atoms with Gasteiger partial charge in [-0.3, -0.25) is 14.3 Å². The van der Waals surface area contributed by atoms with Crippen LogP contribution in [0.1, 0.15) is 39.2 Å². The first-order chi connectivity index (χ1) is 15.7. The number of para-hydroxylation sites is 1. The van der Waals surface area contributed by atoms with Gasteiger partial charge in [0.2, 0.25) is 11.8 Å². The van der Waals surface area contributed by atoms with Crippen LogP contribution in [0.5, 0.6) is 0 Å². The Labute approximate surface area is 195 Å². The molecule has 0 aliphatic heterocycles. The number of likely N-dealkylation sites (N-methyl/N-ethyl adjacent to an activating group) is 1. The Morgan fingerprint density at radius 1 is 1.00 bits per heavy atom. The van der Waals surface area contributed by atoms with Crippen molar-refractivity contribution in [2.45, 2.75) is 41.2 Å². The molecule has 6 heteroatoms. The standard InChI is InChI=1S/C27H32N4O2/c1-18-10-12-23(13-11-18)16-31-22(5)24(21(4)29-31)14-15-26(33)30(6)17-25(32)28-27-19(2)8-7-9-20(27)3/h7-15H,16-17H2,1-6H3,(H,28,32)/b15-14+. The van der Waals surface area contributed by atoms with Gasteiger partial charge in [-0.15, -0.1) is 0 Å². The van der Waals surface area contributed by atoms with Gasteiger partial charge in [-0.2, -0.15) is 5.10 Å². The number of rotatable bonds is 7. The molecule has 6 nitrogen and oxygen atoms in total. The molecule has 2 aromatic carbocycles. The summed E-state index contributed by atoms with van der Waals surface area (Å²) >= 11 is 0. The van der Waals surface area contributed by atoms with Crippen molar-refractivity contribution in [1.82, 2.24) is 14.7 Å². The molecule has 0 aliphatic carbocycles. The van der Waals surface area contributed by atoms with Gasteiger partial charge in [0, 0.05) is 30.1 Å². The molecular formula is C27H32N4O2. The van der Waals surface area contributed by atoms with E-state index in [1.54, 1.807) is 13.1 Å². The maximum absolute atomic E-state index is 12.6. The molecule has 0 spiro atoms. The SMILES string of the molecule is Cc1ccc(Cn2nc(C)c(/C=C/C(=O)N(C)CC(=O)Nc3c(C)cccc3C)c2C)cc1. The molecular weight excluding hydrogens is 412 g/mol. The lowest BCUT2D eigenvalue weighted by atomic mass is 10.1. The zero-order valence-corrected chi connectivity index (χ0v) is 20.3. The second kappa shape index (κ2) is 10.3. The number of amides is 2. The van der Waals surface area contributed by atoms with Crippen molar-refractivity contribution in [2.75, 3.05) is 18.9 Å². The minimum atomic E-state index is -0.239. The Bertz CT molecular complexity index is 1170. The number of aromatic nitrogens is 2. The lowest BCUT2D eigenvalue weighted by molar-refractivity contribution is -0.129. The molecule has 1 heterocycles. The molecule has 0 radical (unpaired) electrons. The molecule has 3 rings (SSSR count). The lowest BCUT2D eigenvalue weighted by Gasteiger charge is -2.16. The van der Waals surface area contributed by atoms with Crippen molar-refractivity contribution >= 4 is 23.6 Å². The number of hydrogen-bond acceptors (Lipinski definition) is 3. The molecule has 0 bridgehead atoms. The van der Waals surface area contributed by atoms with Crippen LogP contribution in [0.4, 0.5) is 5.69 Å². The third-order valence-electron chi connectivity index (χ3n) is 5.79. The summed E-state index contributed by atoms with van der Waals surface area (Å²) in [6.07, 6.45) is 3.28. The van der Waals surface area contributed by atoms with E-state index in [4.69, 9.17) is 0 Å². The van der Waals surface area contributed by atoms with E-state index < -0.39 is 0 Å². The highest BCUT2D eigenvalue weighted by molar-refractivity contribution is 5.98. The van der Waals surface area contributed by atoms with Gasteiger partial charge in [0.1, 0.15) is 0 Å². The first-order valence-electron chi connectivity index (χ1n) is 11.0. The van der Waals surface area contributed by atoms with Crippen molar-refractivity contribution in [3.05, 3.63) is 87.7 Å². The van der Waals surface area contributed by atoms with Gasteiger partial charge in [0.15, 0.2) is 0 Å². The summed E-state index contributed by atoms with van der Waals surface area (Å²) in [7, 11) is 1.62. The fraction of sp³-hybridized carbons (Fsp3) is 0.296. The number of nitrogens with one attached hydrogen (secondary N) is 1. The van der Waals surface area contributed by atoms with Gasteiger partial charge < -0.3 is 10.2 Å². The number of carbonyl (C=O) groups excluding carboxylic acids is 2. The van der Waals surface area contributed by atoms with Crippen LogP contribution in [0.15, 0.2) is 48.5 Å². The summed E-state index contributed by atoms with van der Waals surface area (Å²) in [5.74, 6) is -0.466. The Morgan fingerprint density at radius 2 is 1.64 bits per heavy atom. The van der Waals surface area contributed by atoms with Crippen LogP contribution in [0.2, 0.25) is 0 Å². The van der Waals surface area contributed by atoms with Gasteiger partial charge in [0.25, 0.3) is 0 Å². The smallest absolute Gasteiger partial charge is 0.246 e. The average molecular weight is 445 g/mol. The summed E-state index contributed by atoms with van der Waals surface area (Å²) in [5.41, 5.74) is 7.95. The minimum Gasteiger partial charge on any atom is -0.333 e. The summed E-state index contributed by atoms with van der Waals surface area (Å²) in [6.45, 7) is 10.5. The van der Waals surface area contributed by atoms with Gasteiger partial charge >= 0.3 is 0 Å². The minimum absolute atomic E-state index is 0.0262. The normalized spacial score (nSPS) is 11.1. The third-order valence-corrected chi connectivity index (χ3v) is 5.79. The predicted octanol–water partition coefficient (Wildman–Crippen LogP) is 4.58. The Morgan fingerprint density at radius 3 is 2.27 bits per heavy atom. The number of nitrogens with zero attached hydrogens (tertiary/aromatic N) is 3. The highest BCUT2D eigenvalue weighted by Crippen LogP contribution is 2.19. The summed E-state index contributed by atoms with van der Waals surface area (Å²) in [4.78, 5) is 26.5. The number of benzene rings is 2. The zero-order chi connectivity index (χ0) is 24.1. The van der Waals surface area contributed by atoms with E-state index in [2.05, 4.69) is 41.6 Å². The van der Waals surface area contributed by atoms with Gasteiger partial charge in [-0.05, 0) is 57.4 Å². The van der Waals surface area contributed by atoms with E-state index in [0.717, 1.165) is 33.8 Å². The average Bonchev–Trinajstić information content (AvgIpc) is 3.03. The number of hydrogen-bond donors (Lipinski definition) is 1. The highest BCUT2D eigenvalue weighted by Gasteiger charge is 2.14. The van der Waals surface area contributed by atoms with E-state index in [-0.39, 0.29) is 18.4 Å². The van der Waals surface area contributed by atoms with Crippen molar-refractivity contribution in [2.24, 2.45) is 0 Å². The van der Waals surface area contributed by atoms with E-state index >= 15 is 0 Å². The molecule has 0 unspecified atom stereocenters. The topological polar surface area (TPSA) is 67.2 Å². The van der Waals surface area contributed by atoms with Crippen LogP contribution in [0.3, 0.4) is 0 Å². The molecule has 33 heavy (non-hydrogen) atoms. The molecule has 0 saturated heterocycles. The fourth-order valence-electron chi connectivity index (χ4n) is 3.74. The molecule has 1 aromatic heterocycles. The zero-order valence-electron chi connectivity index (χ0n) is 20.3. The molecule has 0 saturated carbocycles. The van der Waals surface area contributed by atoms with Crippen LogP contribution in [-0.4, -0.2) is 40.1 Å². The second-order valence-electron chi connectivity index (χ2n) is 8.57. The molecule has 3 aromatic rings. The van der Waals surface area contributed by atoms with Crippen LogP contribution >= 0.6 is 0 Å². The van der Waals surface area contributed by atoms with E-state index in [1.807, 2.05) is 50.6 Å². The molecule has 0 aliphatic rings. The second-order valence-corrected chi connectivity index (χ2v) is 8.57. The van der Waals surface area contributed by atoms with Crippen LogP contribution in [-0.2, 0) is 16.1 Å². The number of aryl methyl sites for hydroxylation is 4. The van der Waals surface area contributed by atoms with E-state index in [9.17, 15) is 9.59 Å². The van der Waals surface area contributed by atoms with E-state index in [1.165, 1.54) is 22.1 Å². The maximum Gasteiger partial charge on any atom is 0.246 e. The quantitative estimate of drug-likeness (QED) is 0.542. The third kappa shape index (κ3) is 5.98. The molecule has 0 atom stereocenters. The van der Waals surface area contributed by atoms with Crippen LogP contribution in [0.25, 0.3) is 6.08 Å². The van der Waals surface area contributed by atoms with Crippen molar-refractivity contribution in [3.63, 3.8) is 0 Å². The molecule has 2 amide bonds. The van der Waals surface area contributed by atoms with E-state index in [0.29, 0.717) is 6.54 Å². The summed E-state index contributed by atoms with van der Waals surface area (Å²) in [5, 5.41) is 7.55. The monoisotopic (exact) mass is 444 g/mol. The summed E-state index contributed by atoms with van der Waals surface area (Å²) < 4.78 is 1.95. The van der Waals surface area contributed by atoms with Crippen LogP contribution < -0.4 is 5.32 Å². The largest absolute Gasteiger partial charge is 0.333 e. The van der Waals surface area contributed by atoms with Crippen LogP contribution in [0, 0.1) is 34.6 Å². The Hall–Kier alpha value is -3.67. The first-order valence-corrected chi connectivity index (χ1v) is 11.0. The van der Waals surface area contributed by atoms with Gasteiger partial charge in [-0.25, -0.2) is 0 Å². The molecule has 172 valence electrons. The first kappa shape index (κ1) is 24.0. The van der Waals surface area contributed by atoms with Gasteiger partial charge in [-0.1, -0.05) is 48.0 Å². The van der Waals surface area contributed by atoms with Crippen molar-refractivity contribution in [1.29, 1.82) is 0 Å². The van der Waals surface area contributed by atoms with Crippen molar-refractivity contribution < 1.29 is 9.59 Å². The Balaban J connectivity index is 1.64.